The topological polar surface area (TPSA) is 42.5 Å². The van der Waals surface area contributed by atoms with Crippen LogP contribution in [0.1, 0.15) is 5.56 Å². The summed E-state index contributed by atoms with van der Waals surface area (Å²) in [6, 6.07) is 5.89. The number of hydrogen-bond donors (Lipinski definition) is 2. The number of nitrogens with one attached hydrogen (secondary N) is 2. The van der Waals surface area contributed by atoms with Crippen LogP contribution in [0, 0.1) is 0 Å². The molecule has 17 heavy (non-hydrogen) atoms. The van der Waals surface area contributed by atoms with Gasteiger partial charge in [-0.15, -0.1) is 0 Å². The molecule has 0 saturated carbocycles. The number of methoxy groups -OCH3 is 2. The normalized spacial score (nSPS) is 10.3. The highest BCUT2D eigenvalue weighted by atomic mass is 16.5. The molecule has 4 nitrogen and oxygen atoms in total. The lowest BCUT2D eigenvalue weighted by atomic mass is 10.1. The fourth-order valence-corrected chi connectivity index (χ4v) is 1.64. The molecule has 0 spiro atoms. The van der Waals surface area contributed by atoms with E-state index in [1.807, 2.05) is 25.2 Å². The predicted octanol–water partition coefficient (Wildman–Crippen LogP) is 1.06. The third-order valence-electron chi connectivity index (χ3n) is 2.61. The summed E-state index contributed by atoms with van der Waals surface area (Å²) in [6.45, 7) is 2.89. The molecule has 0 aliphatic carbocycles. The molecule has 0 atom stereocenters. The zero-order valence-corrected chi connectivity index (χ0v) is 10.9. The molecule has 0 aliphatic heterocycles. The highest BCUT2D eigenvalue weighted by Gasteiger charge is 2.04. The van der Waals surface area contributed by atoms with Crippen LogP contribution in [0.2, 0.25) is 0 Å². The van der Waals surface area contributed by atoms with Crippen LogP contribution in [0.15, 0.2) is 18.2 Å². The second kappa shape index (κ2) is 7.92. The van der Waals surface area contributed by atoms with Crippen LogP contribution in [-0.4, -0.2) is 40.9 Å². The SMILES string of the molecule is CNCCNCCc1cc(OC)ccc1OC. The van der Waals surface area contributed by atoms with Gasteiger partial charge in [-0.05, 0) is 43.8 Å². The quantitative estimate of drug-likeness (QED) is 0.665. The maximum atomic E-state index is 5.33. The summed E-state index contributed by atoms with van der Waals surface area (Å²) in [7, 11) is 5.32. The largest absolute Gasteiger partial charge is 0.497 e. The Labute approximate surface area is 103 Å². The van der Waals surface area contributed by atoms with Crippen molar-refractivity contribution in [1.82, 2.24) is 10.6 Å². The van der Waals surface area contributed by atoms with Crippen LogP contribution >= 0.6 is 0 Å². The van der Waals surface area contributed by atoms with Crippen LogP contribution in [0.3, 0.4) is 0 Å². The van der Waals surface area contributed by atoms with Gasteiger partial charge in [0.25, 0.3) is 0 Å². The monoisotopic (exact) mass is 238 g/mol. The van der Waals surface area contributed by atoms with Crippen molar-refractivity contribution in [1.29, 1.82) is 0 Å². The minimum Gasteiger partial charge on any atom is -0.497 e. The number of rotatable bonds is 8. The van der Waals surface area contributed by atoms with E-state index >= 15 is 0 Å². The first-order chi connectivity index (χ1) is 8.31. The highest BCUT2D eigenvalue weighted by Crippen LogP contribution is 2.23. The van der Waals surface area contributed by atoms with Gasteiger partial charge in [0.15, 0.2) is 0 Å². The predicted molar refractivity (Wildman–Crippen MR) is 70.0 cm³/mol. The van der Waals surface area contributed by atoms with Gasteiger partial charge in [-0.25, -0.2) is 0 Å². The summed E-state index contributed by atoms with van der Waals surface area (Å²) >= 11 is 0. The summed E-state index contributed by atoms with van der Waals surface area (Å²) in [5, 5.41) is 6.46. The third kappa shape index (κ3) is 4.63. The van der Waals surface area contributed by atoms with E-state index in [-0.39, 0.29) is 0 Å². The zero-order valence-electron chi connectivity index (χ0n) is 10.9. The van der Waals surface area contributed by atoms with Crippen molar-refractivity contribution in [3.05, 3.63) is 23.8 Å². The first kappa shape index (κ1) is 13.8. The smallest absolute Gasteiger partial charge is 0.122 e. The molecule has 0 bridgehead atoms. The maximum Gasteiger partial charge on any atom is 0.122 e. The van der Waals surface area contributed by atoms with Gasteiger partial charge in [0.1, 0.15) is 11.5 Å². The van der Waals surface area contributed by atoms with Crippen molar-refractivity contribution in [2.45, 2.75) is 6.42 Å². The summed E-state index contributed by atoms with van der Waals surface area (Å²) in [5.74, 6) is 1.79. The first-order valence-electron chi connectivity index (χ1n) is 5.88. The number of likely N-dealkylation sites (N-methyl/N-ethyl adjacent to an activating group) is 1. The van der Waals surface area contributed by atoms with Gasteiger partial charge in [-0.2, -0.15) is 0 Å². The van der Waals surface area contributed by atoms with Gasteiger partial charge < -0.3 is 20.1 Å². The summed E-state index contributed by atoms with van der Waals surface area (Å²) in [4.78, 5) is 0. The third-order valence-corrected chi connectivity index (χ3v) is 2.61. The molecule has 0 unspecified atom stereocenters. The molecule has 0 fully saturated rings. The molecular formula is C13H22N2O2. The first-order valence-corrected chi connectivity index (χ1v) is 5.88. The fraction of sp³-hybridized carbons (Fsp3) is 0.538. The van der Waals surface area contributed by atoms with Crippen LogP contribution in [0.5, 0.6) is 11.5 Å². The summed E-state index contributed by atoms with van der Waals surface area (Å²) < 4.78 is 10.5. The lowest BCUT2D eigenvalue weighted by molar-refractivity contribution is 0.398. The molecule has 0 aromatic heterocycles. The molecule has 0 heterocycles. The summed E-state index contributed by atoms with van der Waals surface area (Å²) in [6.07, 6.45) is 0.935. The Kier molecular flexibility index (Phi) is 6.43. The number of hydrogen-bond acceptors (Lipinski definition) is 4. The Morgan fingerprint density at radius 3 is 2.53 bits per heavy atom. The minimum absolute atomic E-state index is 0.871. The van der Waals surface area contributed by atoms with Gasteiger partial charge in [-0.3, -0.25) is 0 Å². The van der Waals surface area contributed by atoms with E-state index in [2.05, 4.69) is 10.6 Å². The van der Waals surface area contributed by atoms with E-state index in [4.69, 9.17) is 9.47 Å². The molecule has 0 aliphatic rings. The van der Waals surface area contributed by atoms with E-state index in [0.717, 1.165) is 37.6 Å². The molecular weight excluding hydrogens is 216 g/mol. The fourth-order valence-electron chi connectivity index (χ4n) is 1.64. The van der Waals surface area contributed by atoms with Crippen LogP contribution in [-0.2, 0) is 6.42 Å². The van der Waals surface area contributed by atoms with Crippen LogP contribution in [0.25, 0.3) is 0 Å². The van der Waals surface area contributed by atoms with E-state index < -0.39 is 0 Å². The van der Waals surface area contributed by atoms with Crippen LogP contribution < -0.4 is 20.1 Å². The van der Waals surface area contributed by atoms with Gasteiger partial charge in [-0.1, -0.05) is 0 Å². The Bertz CT molecular complexity index is 329. The van der Waals surface area contributed by atoms with Gasteiger partial charge in [0.05, 0.1) is 14.2 Å². The lowest BCUT2D eigenvalue weighted by Crippen LogP contribution is -2.26. The van der Waals surface area contributed by atoms with Gasteiger partial charge in [0.2, 0.25) is 0 Å². The van der Waals surface area contributed by atoms with Crippen molar-refractivity contribution >= 4 is 0 Å². The van der Waals surface area contributed by atoms with Crippen molar-refractivity contribution in [2.24, 2.45) is 0 Å². The molecule has 0 saturated heterocycles. The molecule has 96 valence electrons. The second-order valence-electron chi connectivity index (χ2n) is 3.78. The minimum atomic E-state index is 0.871. The standard InChI is InChI=1S/C13H22N2O2/c1-14-8-9-15-7-6-11-10-12(16-2)4-5-13(11)17-3/h4-5,10,14-15H,6-9H2,1-3H3. The molecule has 1 aromatic rings. The molecule has 1 aromatic carbocycles. The van der Waals surface area contributed by atoms with Crippen molar-refractivity contribution < 1.29 is 9.47 Å². The molecule has 0 amide bonds. The van der Waals surface area contributed by atoms with Crippen LogP contribution in [0.4, 0.5) is 0 Å². The Morgan fingerprint density at radius 2 is 1.88 bits per heavy atom. The number of benzene rings is 1. The van der Waals surface area contributed by atoms with Crippen molar-refractivity contribution in [2.75, 3.05) is 40.9 Å². The Hall–Kier alpha value is -1.26. The molecule has 4 heteroatoms. The lowest BCUT2D eigenvalue weighted by Gasteiger charge is -2.11. The average molecular weight is 238 g/mol. The van der Waals surface area contributed by atoms with E-state index in [1.54, 1.807) is 14.2 Å². The second-order valence-corrected chi connectivity index (χ2v) is 3.78. The highest BCUT2D eigenvalue weighted by molar-refractivity contribution is 5.40. The number of ether oxygens (including phenoxy) is 2. The van der Waals surface area contributed by atoms with E-state index in [0.29, 0.717) is 0 Å². The van der Waals surface area contributed by atoms with E-state index in [1.165, 1.54) is 5.56 Å². The van der Waals surface area contributed by atoms with Gasteiger partial charge >= 0.3 is 0 Å². The zero-order chi connectivity index (χ0) is 12.5. The average Bonchev–Trinajstić information content (AvgIpc) is 2.38. The van der Waals surface area contributed by atoms with E-state index in [9.17, 15) is 0 Å². The molecule has 2 N–H and O–H groups in total. The van der Waals surface area contributed by atoms with Crippen molar-refractivity contribution in [3.8, 4) is 11.5 Å². The molecule has 0 radical (unpaired) electrons. The molecule has 1 rings (SSSR count). The Morgan fingerprint density at radius 1 is 1.06 bits per heavy atom. The Balaban J connectivity index is 2.49. The van der Waals surface area contributed by atoms with Gasteiger partial charge in [0, 0.05) is 13.1 Å². The van der Waals surface area contributed by atoms with Crippen molar-refractivity contribution in [3.63, 3.8) is 0 Å². The maximum absolute atomic E-state index is 5.33. The summed E-state index contributed by atoms with van der Waals surface area (Å²) in [5.41, 5.74) is 1.17.